The Morgan fingerprint density at radius 3 is 2.43 bits per heavy atom. The number of oxazole rings is 1. The second-order valence-electron chi connectivity index (χ2n) is 4.23. The summed E-state index contributed by atoms with van der Waals surface area (Å²) >= 11 is 0. The molecule has 1 aromatic heterocycles. The third-order valence-electron chi connectivity index (χ3n) is 2.71. The molecule has 23 heavy (non-hydrogen) atoms. The van der Waals surface area contributed by atoms with Crippen molar-refractivity contribution in [3.63, 3.8) is 0 Å². The van der Waals surface area contributed by atoms with Gasteiger partial charge in [-0.1, -0.05) is 0 Å². The largest absolute Gasteiger partial charge is 0.503 e. The Bertz CT molecular complexity index is 772. The number of aliphatic hydroxyl groups excluding tert-OH is 1. The van der Waals surface area contributed by atoms with Gasteiger partial charge in [0, 0.05) is 5.69 Å². The van der Waals surface area contributed by atoms with Crippen LogP contribution < -0.4 is 5.32 Å². The number of halogens is 3. The van der Waals surface area contributed by atoms with Crippen LogP contribution in [0.2, 0.25) is 0 Å². The number of hydrogen-bond acceptors (Lipinski definition) is 5. The van der Waals surface area contributed by atoms with E-state index in [1.807, 2.05) is 0 Å². The number of hydrogen-bond donors (Lipinski definition) is 2. The molecule has 118 valence electrons. The zero-order valence-corrected chi connectivity index (χ0v) is 11.3. The third-order valence-corrected chi connectivity index (χ3v) is 2.71. The van der Waals surface area contributed by atoms with Crippen LogP contribution in [0.4, 0.5) is 18.9 Å². The molecule has 0 spiro atoms. The Hall–Kier alpha value is -3.28. The minimum Gasteiger partial charge on any atom is -0.503 e. The summed E-state index contributed by atoms with van der Waals surface area (Å²) < 4.78 is 42.1. The zero-order chi connectivity index (χ0) is 17.0. The molecule has 0 fully saturated rings. The highest BCUT2D eigenvalue weighted by Gasteiger charge is 2.30. The Morgan fingerprint density at radius 2 is 1.96 bits per heavy atom. The van der Waals surface area contributed by atoms with E-state index in [1.165, 1.54) is 6.07 Å². The van der Waals surface area contributed by atoms with E-state index in [4.69, 9.17) is 9.68 Å². The lowest BCUT2D eigenvalue weighted by atomic mass is 10.1. The summed E-state index contributed by atoms with van der Waals surface area (Å²) in [4.78, 5) is 15.5. The van der Waals surface area contributed by atoms with Crippen molar-refractivity contribution >= 4 is 17.4 Å². The summed E-state index contributed by atoms with van der Waals surface area (Å²) in [5, 5.41) is 20.9. The number of nitrogens with one attached hydrogen (secondary N) is 1. The lowest BCUT2D eigenvalue weighted by molar-refractivity contribution is -0.137. The molecule has 0 atom stereocenters. The van der Waals surface area contributed by atoms with E-state index in [0.717, 1.165) is 36.9 Å². The van der Waals surface area contributed by atoms with Crippen LogP contribution in [0.15, 0.2) is 46.8 Å². The van der Waals surface area contributed by atoms with Crippen molar-refractivity contribution < 1.29 is 27.5 Å². The number of carbonyl (C=O) groups is 1. The topological polar surface area (TPSA) is 99.2 Å². The molecule has 0 bridgehead atoms. The number of aromatic nitrogens is 1. The molecule has 2 N–H and O–H groups in total. The smallest absolute Gasteiger partial charge is 0.416 e. The second-order valence-corrected chi connectivity index (χ2v) is 4.23. The van der Waals surface area contributed by atoms with Gasteiger partial charge in [-0.25, -0.2) is 4.98 Å². The number of nitrogens with zero attached hydrogens (tertiary/aromatic N) is 2. The Morgan fingerprint density at radius 1 is 1.30 bits per heavy atom. The molecule has 1 amide bonds. The standard InChI is InChI=1S/C14H8F3N3O3/c15-14(16,17)8-1-3-9(4-2-8)20-13(22)10(5-18)12(21)11-6-19-7-23-11/h1-4,6-7,21H,(H,20,22)/b12-10-. The molecule has 1 heterocycles. The van der Waals surface area contributed by atoms with E-state index in [2.05, 4.69) is 10.3 Å². The van der Waals surface area contributed by atoms with Gasteiger partial charge in [0.2, 0.25) is 0 Å². The van der Waals surface area contributed by atoms with Crippen molar-refractivity contribution in [2.24, 2.45) is 0 Å². The fourth-order valence-electron chi connectivity index (χ4n) is 1.60. The molecule has 2 rings (SSSR count). The number of alkyl halides is 3. The highest BCUT2D eigenvalue weighted by atomic mass is 19.4. The second kappa shape index (κ2) is 6.23. The predicted octanol–water partition coefficient (Wildman–Crippen LogP) is 3.12. The molecule has 0 saturated heterocycles. The lowest BCUT2D eigenvalue weighted by Crippen LogP contribution is -2.15. The summed E-state index contributed by atoms with van der Waals surface area (Å²) in [7, 11) is 0. The predicted molar refractivity (Wildman–Crippen MR) is 71.7 cm³/mol. The third kappa shape index (κ3) is 3.68. The van der Waals surface area contributed by atoms with Crippen LogP contribution in [0.3, 0.4) is 0 Å². The molecule has 1 aromatic carbocycles. The van der Waals surface area contributed by atoms with Crippen LogP contribution in [0.5, 0.6) is 0 Å². The number of benzene rings is 1. The van der Waals surface area contributed by atoms with E-state index >= 15 is 0 Å². The van der Waals surface area contributed by atoms with Gasteiger partial charge in [-0.05, 0) is 24.3 Å². The van der Waals surface area contributed by atoms with E-state index < -0.39 is 29.0 Å². The summed E-state index contributed by atoms with van der Waals surface area (Å²) in [6.07, 6.45) is -2.41. The minimum absolute atomic E-state index is 0.0288. The Labute approximate surface area is 127 Å². The SMILES string of the molecule is N#C/C(C(=O)Nc1ccc(C(F)(F)F)cc1)=C(/O)c1cnco1. The molecule has 9 heteroatoms. The lowest BCUT2D eigenvalue weighted by Gasteiger charge is -2.08. The molecule has 0 aliphatic carbocycles. The average Bonchev–Trinajstić information content (AvgIpc) is 3.01. The normalized spacial score (nSPS) is 12.3. The molecule has 6 nitrogen and oxygen atoms in total. The summed E-state index contributed by atoms with van der Waals surface area (Å²) in [5.74, 6) is -1.92. The van der Waals surface area contributed by atoms with E-state index in [9.17, 15) is 23.1 Å². The highest BCUT2D eigenvalue weighted by molar-refractivity contribution is 6.10. The van der Waals surface area contributed by atoms with Gasteiger partial charge in [-0.2, -0.15) is 18.4 Å². The van der Waals surface area contributed by atoms with Gasteiger partial charge in [0.15, 0.2) is 23.5 Å². The highest BCUT2D eigenvalue weighted by Crippen LogP contribution is 2.30. The van der Waals surface area contributed by atoms with Crippen LogP contribution >= 0.6 is 0 Å². The van der Waals surface area contributed by atoms with Crippen molar-refractivity contribution in [2.75, 3.05) is 5.32 Å². The van der Waals surface area contributed by atoms with E-state index in [-0.39, 0.29) is 11.4 Å². The van der Waals surface area contributed by atoms with Gasteiger partial charge in [-0.3, -0.25) is 4.79 Å². The van der Waals surface area contributed by atoms with Gasteiger partial charge in [0.25, 0.3) is 5.91 Å². The first kappa shape index (κ1) is 16.1. The minimum atomic E-state index is -4.50. The molecule has 0 radical (unpaired) electrons. The molecular weight excluding hydrogens is 315 g/mol. The van der Waals surface area contributed by atoms with Crippen LogP contribution in [0.25, 0.3) is 5.76 Å². The quantitative estimate of drug-likeness (QED) is 0.513. The fourth-order valence-corrected chi connectivity index (χ4v) is 1.60. The monoisotopic (exact) mass is 323 g/mol. The Balaban J connectivity index is 2.21. The first-order valence-corrected chi connectivity index (χ1v) is 6.03. The molecule has 0 aliphatic rings. The van der Waals surface area contributed by atoms with Gasteiger partial charge < -0.3 is 14.8 Å². The number of amides is 1. The van der Waals surface area contributed by atoms with Crippen LogP contribution in [-0.4, -0.2) is 16.0 Å². The summed E-state index contributed by atoms with van der Waals surface area (Å²) in [6, 6.07) is 5.11. The van der Waals surface area contributed by atoms with Crippen molar-refractivity contribution in [1.82, 2.24) is 4.98 Å². The van der Waals surface area contributed by atoms with Crippen molar-refractivity contribution in [3.8, 4) is 6.07 Å². The molecule has 0 saturated carbocycles. The van der Waals surface area contributed by atoms with Crippen molar-refractivity contribution in [1.29, 1.82) is 5.26 Å². The van der Waals surface area contributed by atoms with Gasteiger partial charge >= 0.3 is 6.18 Å². The van der Waals surface area contributed by atoms with Crippen LogP contribution in [0.1, 0.15) is 11.3 Å². The van der Waals surface area contributed by atoms with Crippen LogP contribution in [-0.2, 0) is 11.0 Å². The fraction of sp³-hybridized carbons (Fsp3) is 0.0714. The number of anilines is 1. The first-order valence-electron chi connectivity index (χ1n) is 6.03. The molecular formula is C14H8F3N3O3. The van der Waals surface area contributed by atoms with Gasteiger partial charge in [0.1, 0.15) is 6.07 Å². The van der Waals surface area contributed by atoms with Crippen LogP contribution in [0, 0.1) is 11.3 Å². The molecule has 2 aromatic rings. The van der Waals surface area contributed by atoms with E-state index in [0.29, 0.717) is 0 Å². The average molecular weight is 323 g/mol. The number of aliphatic hydroxyl groups is 1. The summed E-state index contributed by atoms with van der Waals surface area (Å²) in [5.41, 5.74) is -1.51. The van der Waals surface area contributed by atoms with E-state index in [1.54, 1.807) is 0 Å². The molecule has 0 unspecified atom stereocenters. The van der Waals surface area contributed by atoms with Crippen molar-refractivity contribution in [2.45, 2.75) is 6.18 Å². The maximum atomic E-state index is 12.4. The maximum Gasteiger partial charge on any atom is 0.416 e. The number of nitriles is 1. The Kier molecular flexibility index (Phi) is 4.36. The van der Waals surface area contributed by atoms with Crippen molar-refractivity contribution in [3.05, 3.63) is 53.8 Å². The zero-order valence-electron chi connectivity index (χ0n) is 11.3. The van der Waals surface area contributed by atoms with Gasteiger partial charge in [0.05, 0.1) is 11.8 Å². The number of carbonyl (C=O) groups excluding carboxylic acids is 1. The molecule has 0 aliphatic heterocycles. The first-order chi connectivity index (χ1) is 10.8. The maximum absolute atomic E-state index is 12.4. The number of rotatable bonds is 3. The summed E-state index contributed by atoms with van der Waals surface area (Å²) in [6.45, 7) is 0. The van der Waals surface area contributed by atoms with Gasteiger partial charge in [-0.15, -0.1) is 0 Å².